The number of hydrogen-bond donors (Lipinski definition) is 1. The first-order valence-electron chi connectivity index (χ1n) is 6.32. The molecule has 2 rings (SSSR count). The van der Waals surface area contributed by atoms with Gasteiger partial charge in [-0.1, -0.05) is 0 Å². The van der Waals surface area contributed by atoms with Crippen LogP contribution in [0.1, 0.15) is 10.4 Å². The van der Waals surface area contributed by atoms with Gasteiger partial charge in [0.2, 0.25) is 0 Å². The van der Waals surface area contributed by atoms with E-state index in [9.17, 15) is 14.9 Å². The molecule has 0 bridgehead atoms. The van der Waals surface area contributed by atoms with Crippen molar-refractivity contribution in [3.63, 3.8) is 0 Å². The standard InChI is InChI=1S/C13H14N4O4/c1-21-12-6-9(17(19)20)2-3-11(12)13(18)16-5-4-15-8-10(16)7-14/h2-3,6,10,15H,4-5,8H2,1H3. The molecule has 1 aliphatic heterocycles. The predicted molar refractivity (Wildman–Crippen MR) is 73.0 cm³/mol. The van der Waals surface area contributed by atoms with Gasteiger partial charge in [0, 0.05) is 25.7 Å². The summed E-state index contributed by atoms with van der Waals surface area (Å²) in [5, 5.41) is 22.9. The number of piperazine rings is 1. The van der Waals surface area contributed by atoms with E-state index in [1.807, 2.05) is 0 Å². The fourth-order valence-electron chi connectivity index (χ4n) is 2.19. The first-order chi connectivity index (χ1) is 10.1. The molecule has 21 heavy (non-hydrogen) atoms. The number of carbonyl (C=O) groups is 1. The highest BCUT2D eigenvalue weighted by molar-refractivity contribution is 5.97. The smallest absolute Gasteiger partial charge is 0.273 e. The maximum absolute atomic E-state index is 12.5. The molecule has 1 aromatic carbocycles. The molecule has 0 aromatic heterocycles. The van der Waals surface area contributed by atoms with E-state index in [0.717, 1.165) is 0 Å². The molecule has 1 amide bonds. The third-order valence-electron chi connectivity index (χ3n) is 3.28. The van der Waals surface area contributed by atoms with Crippen molar-refractivity contribution < 1.29 is 14.5 Å². The van der Waals surface area contributed by atoms with Crippen molar-refractivity contribution >= 4 is 11.6 Å². The van der Waals surface area contributed by atoms with Crippen LogP contribution >= 0.6 is 0 Å². The average molecular weight is 290 g/mol. The molecule has 1 aliphatic rings. The summed E-state index contributed by atoms with van der Waals surface area (Å²) < 4.78 is 5.07. The van der Waals surface area contributed by atoms with Crippen LogP contribution in [0.25, 0.3) is 0 Å². The van der Waals surface area contributed by atoms with Crippen LogP contribution in [0.15, 0.2) is 18.2 Å². The minimum Gasteiger partial charge on any atom is -0.496 e. The van der Waals surface area contributed by atoms with Gasteiger partial charge in [0.1, 0.15) is 11.8 Å². The van der Waals surface area contributed by atoms with Gasteiger partial charge in [-0.3, -0.25) is 14.9 Å². The molecule has 1 heterocycles. The summed E-state index contributed by atoms with van der Waals surface area (Å²) >= 11 is 0. The highest BCUT2D eigenvalue weighted by atomic mass is 16.6. The summed E-state index contributed by atoms with van der Waals surface area (Å²) in [5.41, 5.74) is 0.0609. The summed E-state index contributed by atoms with van der Waals surface area (Å²) in [6, 6.07) is 5.31. The number of nitrogens with one attached hydrogen (secondary N) is 1. The third kappa shape index (κ3) is 2.93. The van der Waals surface area contributed by atoms with E-state index in [4.69, 9.17) is 10.00 Å². The SMILES string of the molecule is COc1cc([N+](=O)[O-])ccc1C(=O)N1CCNCC1C#N. The number of non-ortho nitro benzene ring substituents is 1. The molecule has 8 heteroatoms. The molecule has 0 saturated carbocycles. The van der Waals surface area contributed by atoms with Crippen molar-refractivity contribution in [2.45, 2.75) is 6.04 Å². The van der Waals surface area contributed by atoms with Gasteiger partial charge in [0.05, 0.1) is 29.7 Å². The molecule has 1 N–H and O–H groups in total. The number of methoxy groups -OCH3 is 1. The molecule has 0 spiro atoms. The number of ether oxygens (including phenoxy) is 1. The van der Waals surface area contributed by atoms with Gasteiger partial charge >= 0.3 is 0 Å². The Morgan fingerprint density at radius 1 is 1.62 bits per heavy atom. The number of hydrogen-bond acceptors (Lipinski definition) is 6. The lowest BCUT2D eigenvalue weighted by Crippen LogP contribution is -2.53. The van der Waals surface area contributed by atoms with E-state index in [-0.39, 0.29) is 22.9 Å². The number of nitro benzene ring substituents is 1. The lowest BCUT2D eigenvalue weighted by molar-refractivity contribution is -0.384. The maximum atomic E-state index is 12.5. The minimum absolute atomic E-state index is 0.129. The maximum Gasteiger partial charge on any atom is 0.273 e. The van der Waals surface area contributed by atoms with Crippen LogP contribution in [-0.4, -0.2) is 48.5 Å². The van der Waals surface area contributed by atoms with Crippen molar-refractivity contribution in [3.8, 4) is 11.8 Å². The van der Waals surface area contributed by atoms with Crippen LogP contribution < -0.4 is 10.1 Å². The Hall–Kier alpha value is -2.66. The van der Waals surface area contributed by atoms with E-state index in [1.54, 1.807) is 0 Å². The van der Waals surface area contributed by atoms with Crippen molar-refractivity contribution in [1.29, 1.82) is 5.26 Å². The number of carbonyl (C=O) groups excluding carboxylic acids is 1. The molecular weight excluding hydrogens is 276 g/mol. The molecule has 1 fully saturated rings. The first kappa shape index (κ1) is 14.7. The van der Waals surface area contributed by atoms with Crippen LogP contribution in [0.5, 0.6) is 5.75 Å². The van der Waals surface area contributed by atoms with Gasteiger partial charge in [0.15, 0.2) is 0 Å². The molecule has 8 nitrogen and oxygen atoms in total. The highest BCUT2D eigenvalue weighted by Gasteiger charge is 2.29. The number of rotatable bonds is 3. The van der Waals surface area contributed by atoms with Crippen molar-refractivity contribution in [2.24, 2.45) is 0 Å². The van der Waals surface area contributed by atoms with Crippen molar-refractivity contribution in [3.05, 3.63) is 33.9 Å². The molecule has 1 unspecified atom stereocenters. The van der Waals surface area contributed by atoms with Gasteiger partial charge < -0.3 is 15.0 Å². The zero-order valence-corrected chi connectivity index (χ0v) is 11.4. The molecule has 1 atom stereocenters. The zero-order chi connectivity index (χ0) is 15.4. The zero-order valence-electron chi connectivity index (χ0n) is 11.4. The van der Waals surface area contributed by atoms with E-state index >= 15 is 0 Å². The number of nitrogens with zero attached hydrogens (tertiary/aromatic N) is 3. The van der Waals surface area contributed by atoms with E-state index in [1.165, 1.54) is 30.2 Å². The molecule has 1 aromatic rings. The Morgan fingerprint density at radius 3 is 3.00 bits per heavy atom. The second-order valence-corrected chi connectivity index (χ2v) is 4.49. The molecule has 110 valence electrons. The fraction of sp³-hybridized carbons (Fsp3) is 0.385. The highest BCUT2D eigenvalue weighted by Crippen LogP contribution is 2.26. The summed E-state index contributed by atoms with van der Waals surface area (Å²) in [7, 11) is 1.34. The fourth-order valence-corrected chi connectivity index (χ4v) is 2.19. The number of nitriles is 1. The van der Waals surface area contributed by atoms with E-state index in [0.29, 0.717) is 19.6 Å². The average Bonchev–Trinajstić information content (AvgIpc) is 2.53. The molecule has 0 aliphatic carbocycles. The van der Waals surface area contributed by atoms with Crippen LogP contribution in [0.3, 0.4) is 0 Å². The normalized spacial score (nSPS) is 17.9. The number of nitro groups is 1. The summed E-state index contributed by atoms with van der Waals surface area (Å²) in [4.78, 5) is 24.2. The summed E-state index contributed by atoms with van der Waals surface area (Å²) in [5.74, 6) is -0.237. The quantitative estimate of drug-likeness (QED) is 0.643. The first-order valence-corrected chi connectivity index (χ1v) is 6.32. The molecular formula is C13H14N4O4. The third-order valence-corrected chi connectivity index (χ3v) is 3.28. The van der Waals surface area contributed by atoms with Crippen LogP contribution in [0, 0.1) is 21.4 Å². The van der Waals surface area contributed by atoms with E-state index in [2.05, 4.69) is 11.4 Å². The van der Waals surface area contributed by atoms with Gasteiger partial charge in [-0.05, 0) is 6.07 Å². The molecule has 1 saturated heterocycles. The van der Waals surface area contributed by atoms with Crippen molar-refractivity contribution in [1.82, 2.24) is 10.2 Å². The monoisotopic (exact) mass is 290 g/mol. The Kier molecular flexibility index (Phi) is 4.35. The van der Waals surface area contributed by atoms with Crippen LogP contribution in [0.2, 0.25) is 0 Å². The Morgan fingerprint density at radius 2 is 2.38 bits per heavy atom. The lowest BCUT2D eigenvalue weighted by atomic mass is 10.1. The summed E-state index contributed by atoms with van der Waals surface area (Å²) in [6.45, 7) is 1.40. The van der Waals surface area contributed by atoms with Crippen LogP contribution in [-0.2, 0) is 0 Å². The number of amides is 1. The van der Waals surface area contributed by atoms with Gasteiger partial charge in [0.25, 0.3) is 11.6 Å². The van der Waals surface area contributed by atoms with Crippen LogP contribution in [0.4, 0.5) is 5.69 Å². The summed E-state index contributed by atoms with van der Waals surface area (Å²) in [6.07, 6.45) is 0. The topological polar surface area (TPSA) is 108 Å². The van der Waals surface area contributed by atoms with Crippen molar-refractivity contribution in [2.75, 3.05) is 26.7 Å². The van der Waals surface area contributed by atoms with Gasteiger partial charge in [-0.15, -0.1) is 0 Å². The Balaban J connectivity index is 2.34. The number of benzene rings is 1. The predicted octanol–water partition coefficient (Wildman–Crippen LogP) is 0.541. The Labute approximate surface area is 121 Å². The van der Waals surface area contributed by atoms with Gasteiger partial charge in [-0.2, -0.15) is 5.26 Å². The lowest BCUT2D eigenvalue weighted by Gasteiger charge is -2.32. The second kappa shape index (κ2) is 6.19. The molecule has 0 radical (unpaired) electrons. The van der Waals surface area contributed by atoms with Gasteiger partial charge in [-0.25, -0.2) is 0 Å². The Bertz CT molecular complexity index is 611. The van der Waals surface area contributed by atoms with E-state index < -0.39 is 11.0 Å². The minimum atomic E-state index is -0.564. The largest absolute Gasteiger partial charge is 0.496 e. The second-order valence-electron chi connectivity index (χ2n) is 4.49.